The molecule has 2 aromatic rings. The van der Waals surface area contributed by atoms with Crippen molar-refractivity contribution in [2.24, 2.45) is 5.41 Å². The number of aromatic nitrogens is 4. The molecule has 8 atom stereocenters. The fourth-order valence-electron chi connectivity index (χ4n) is 4.53. The molecule has 1 aliphatic rings. The molecule has 25 nitrogen and oxygen atoms in total. The van der Waals surface area contributed by atoms with Gasteiger partial charge in [-0.3, -0.25) is 37.4 Å². The minimum atomic E-state index is -5.90. The predicted octanol–water partition coefficient (Wildman–Crippen LogP) is -12.2. The first kappa shape index (κ1) is 57.2. The number of carbonyl (C=O) groups excluding carboxylic acids is 4. The fraction of sp³-hybridized carbons (Fsp3) is 0.640. The molecule has 0 radical (unpaired) electrons. The maximum Gasteiger partial charge on any atom is 1.00 e. The molecule has 2 aromatic heterocycles. The zero-order valence-electron chi connectivity index (χ0n) is 31.6. The van der Waals surface area contributed by atoms with E-state index >= 15 is 0 Å². The quantitative estimate of drug-likeness (QED) is 0.0293. The third kappa shape index (κ3) is 18.6. The van der Waals surface area contributed by atoms with Crippen LogP contribution in [0.4, 0.5) is 5.82 Å². The second-order valence-electron chi connectivity index (χ2n) is 12.1. The van der Waals surface area contributed by atoms with Gasteiger partial charge < -0.3 is 64.5 Å². The molecule has 7 N–H and O–H groups in total. The van der Waals surface area contributed by atoms with Crippen LogP contribution in [0.25, 0.3) is 11.2 Å². The number of rotatable bonds is 21. The van der Waals surface area contributed by atoms with Crippen LogP contribution in [0, 0.1) is 5.41 Å². The van der Waals surface area contributed by atoms with E-state index in [0.717, 1.165) is 29.0 Å². The van der Waals surface area contributed by atoms with E-state index in [1.807, 2.05) is 0 Å². The SMILES string of the molecule is CC(=O)CC(=O)SCCNC(=O)CCNC(=O)C(O)C(C)(C)COP(=O)([O-])OP(=O)([O-])OCC1OC(n2cnc3c(N)ncnc32)C(O)C1OP(=O)([O-])O.[Na+].[Na+].[Na+]. The number of anilines is 1. The van der Waals surface area contributed by atoms with Crippen LogP contribution in [-0.4, -0.2) is 114 Å². The first-order valence-electron chi connectivity index (χ1n) is 15.4. The fourth-order valence-corrected chi connectivity index (χ4v) is 8.01. The van der Waals surface area contributed by atoms with E-state index < -0.39 is 84.6 Å². The number of phosphoric ester groups is 3. The molecule has 3 heterocycles. The van der Waals surface area contributed by atoms with Crippen LogP contribution in [0.15, 0.2) is 12.7 Å². The molecule has 0 aromatic carbocycles. The van der Waals surface area contributed by atoms with E-state index in [-0.39, 0.29) is 148 Å². The molecule has 3 rings (SSSR count). The van der Waals surface area contributed by atoms with Gasteiger partial charge in [-0.15, -0.1) is 0 Å². The van der Waals surface area contributed by atoms with Gasteiger partial charge in [0.1, 0.15) is 42.0 Å². The second-order valence-corrected chi connectivity index (χ2v) is 17.4. The van der Waals surface area contributed by atoms with Gasteiger partial charge in [-0.2, -0.15) is 0 Å². The molecule has 0 aliphatic carbocycles. The summed E-state index contributed by atoms with van der Waals surface area (Å²) in [4.78, 5) is 104. The van der Waals surface area contributed by atoms with Crippen molar-refractivity contribution in [3.63, 3.8) is 0 Å². The van der Waals surface area contributed by atoms with Crippen LogP contribution in [0.3, 0.4) is 0 Å². The number of imidazole rings is 1. The molecule has 0 bridgehead atoms. The Balaban J connectivity index is 0.0000105. The van der Waals surface area contributed by atoms with Gasteiger partial charge in [-0.05, 0) is 6.92 Å². The normalized spacial score (nSPS) is 21.6. The summed E-state index contributed by atoms with van der Waals surface area (Å²) in [5.74, 6) is -1.70. The number of phosphoric acid groups is 3. The monoisotopic (exact) mass is 917 g/mol. The van der Waals surface area contributed by atoms with E-state index in [9.17, 15) is 62.7 Å². The van der Waals surface area contributed by atoms with Gasteiger partial charge in [0.05, 0.1) is 26.0 Å². The smallest absolute Gasteiger partial charge is 0.756 e. The van der Waals surface area contributed by atoms with Crippen molar-refractivity contribution < 1.29 is 174 Å². The number of nitrogens with one attached hydrogen (secondary N) is 2. The average Bonchev–Trinajstić information content (AvgIpc) is 3.60. The Labute approximate surface area is 395 Å². The molecular formula is C25H37N7Na3O18P3S. The molecule has 32 heteroatoms. The Morgan fingerprint density at radius 3 is 2.30 bits per heavy atom. The molecule has 0 saturated carbocycles. The van der Waals surface area contributed by atoms with Crippen molar-refractivity contribution in [2.45, 2.75) is 64.3 Å². The topological polar surface area (TPSA) is 389 Å². The summed E-state index contributed by atoms with van der Waals surface area (Å²) >= 11 is 0.868. The summed E-state index contributed by atoms with van der Waals surface area (Å²) in [5, 5.41) is 25.7. The van der Waals surface area contributed by atoms with Crippen LogP contribution >= 0.6 is 35.2 Å². The number of hydrogen-bond donors (Lipinski definition) is 6. The first-order valence-corrected chi connectivity index (χ1v) is 20.8. The number of nitrogens with zero attached hydrogens (tertiary/aromatic N) is 4. The van der Waals surface area contributed by atoms with Gasteiger partial charge in [-0.25, -0.2) is 19.3 Å². The van der Waals surface area contributed by atoms with Crippen molar-refractivity contribution >= 4 is 74.9 Å². The number of hydrogen-bond acceptors (Lipinski definition) is 22. The number of ether oxygens (including phenoxy) is 1. The average molecular weight is 918 g/mol. The third-order valence-corrected chi connectivity index (χ3v) is 11.0. The molecule has 1 fully saturated rings. The Kier molecular flexibility index (Phi) is 24.9. The maximum atomic E-state index is 12.5. The molecule has 1 aliphatic heterocycles. The minimum absolute atomic E-state index is 0. The summed E-state index contributed by atoms with van der Waals surface area (Å²) in [6.45, 7) is 1.22. The summed E-state index contributed by atoms with van der Waals surface area (Å²) in [7, 11) is -17.3. The van der Waals surface area contributed by atoms with E-state index in [2.05, 4.69) is 43.5 Å². The van der Waals surface area contributed by atoms with E-state index in [1.165, 1.54) is 20.8 Å². The number of ketones is 1. The summed E-state index contributed by atoms with van der Waals surface area (Å²) < 4.78 is 60.6. The van der Waals surface area contributed by atoms with Crippen LogP contribution in [0.5, 0.6) is 0 Å². The predicted molar refractivity (Wildman–Crippen MR) is 176 cm³/mol. The van der Waals surface area contributed by atoms with Crippen LogP contribution in [0.2, 0.25) is 0 Å². The largest absolute Gasteiger partial charge is 1.00 e. The Morgan fingerprint density at radius 2 is 1.68 bits per heavy atom. The third-order valence-electron chi connectivity index (χ3n) is 7.14. The van der Waals surface area contributed by atoms with E-state index in [0.29, 0.717) is 0 Å². The summed E-state index contributed by atoms with van der Waals surface area (Å²) in [5.41, 5.74) is 4.07. The van der Waals surface area contributed by atoms with Gasteiger partial charge in [0, 0.05) is 30.7 Å². The number of aliphatic hydroxyl groups is 2. The number of nitrogen functional groups attached to an aromatic ring is 1. The zero-order valence-corrected chi connectivity index (χ0v) is 41.1. The maximum absolute atomic E-state index is 12.5. The number of amides is 2. The molecule has 57 heavy (non-hydrogen) atoms. The molecule has 304 valence electrons. The number of nitrogens with two attached hydrogens (primary N) is 1. The minimum Gasteiger partial charge on any atom is -0.756 e. The van der Waals surface area contributed by atoms with Crippen molar-refractivity contribution in [2.75, 3.05) is 37.8 Å². The van der Waals surface area contributed by atoms with Crippen LogP contribution in [0.1, 0.15) is 39.8 Å². The number of fused-ring (bicyclic) bond motifs is 1. The summed E-state index contributed by atoms with van der Waals surface area (Å²) in [6, 6.07) is 0. The number of thioether (sulfide) groups is 1. The zero-order chi connectivity index (χ0) is 40.6. The van der Waals surface area contributed by atoms with Crippen molar-refractivity contribution in [3.8, 4) is 0 Å². The molecule has 0 spiro atoms. The Hall–Kier alpha value is 0.230. The van der Waals surface area contributed by atoms with Crippen molar-refractivity contribution in [1.82, 2.24) is 30.2 Å². The Morgan fingerprint density at radius 1 is 1.05 bits per heavy atom. The van der Waals surface area contributed by atoms with Crippen LogP contribution < -0.4 is 120 Å². The van der Waals surface area contributed by atoms with Gasteiger partial charge in [0.15, 0.2) is 22.8 Å². The van der Waals surface area contributed by atoms with E-state index in [1.54, 1.807) is 0 Å². The molecular weight excluding hydrogens is 880 g/mol. The molecule has 1 saturated heterocycles. The first-order chi connectivity index (χ1) is 24.9. The second kappa shape index (κ2) is 24.8. The number of carbonyl (C=O) groups is 4. The van der Waals surface area contributed by atoms with E-state index in [4.69, 9.17) is 10.5 Å². The van der Waals surface area contributed by atoms with Crippen molar-refractivity contribution in [3.05, 3.63) is 12.7 Å². The summed E-state index contributed by atoms with van der Waals surface area (Å²) in [6.07, 6.45) is -7.72. The number of aliphatic hydroxyl groups excluding tert-OH is 2. The molecule has 8 unspecified atom stereocenters. The van der Waals surface area contributed by atoms with Crippen LogP contribution in [-0.2, 0) is 55.5 Å². The standard InChI is InChI=1S/C25H40N7O18P3S.3Na/c1-13(33)8-16(35)54-7-6-27-15(34)4-5-28-23(38)20(37)25(2,3)10-47-53(44,45)50-52(42,43)46-9-14-19(49-51(39,40)41)18(36)24(48-14)32-12-31-17-21(26)29-11-30-22(17)32;;;/h11-12,14,18-20,24,36-37H,4-10H2,1-3H3,(H,27,34)(H,28,38)(H,42,43)(H,44,45)(H2,26,29,30)(H2,39,40,41);;;/q;3*+1/p-3. The molecule has 2 amide bonds. The van der Waals surface area contributed by atoms with Crippen molar-refractivity contribution in [1.29, 1.82) is 0 Å². The number of Topliss-reactive ketones (excluding diaryl/α,β-unsaturated/α-hetero) is 1. The van der Waals surface area contributed by atoms with Gasteiger partial charge in [-0.1, -0.05) is 25.6 Å². The van der Waals surface area contributed by atoms with Gasteiger partial charge in [0.25, 0.3) is 23.5 Å². The van der Waals surface area contributed by atoms with Gasteiger partial charge in [0.2, 0.25) is 11.8 Å². The Bertz CT molecular complexity index is 1840. The van der Waals surface area contributed by atoms with Gasteiger partial charge >= 0.3 is 88.7 Å².